The van der Waals surface area contributed by atoms with E-state index in [0.717, 1.165) is 0 Å². The van der Waals surface area contributed by atoms with Gasteiger partial charge in [-0.2, -0.15) is 0 Å². The standard InChI is InChI=1S/C20H18N2O8/c1-2-28-19(23)12-17-11-18(13-5-3-7-15(9-13)21(24)25)30-20(29-17)14-6-4-8-16(10-14)22(26)27/h3-10,12,18,20H,2,11H2,1H3/t18-,20-/m0/s1. The Hall–Kier alpha value is -3.79. The first kappa shape index (κ1) is 20.9. The Bertz CT molecular complexity index is 936. The predicted molar refractivity (Wildman–Crippen MR) is 103 cm³/mol. The number of esters is 1. The van der Waals surface area contributed by atoms with E-state index in [1.807, 2.05) is 0 Å². The van der Waals surface area contributed by atoms with Crippen molar-refractivity contribution in [1.82, 2.24) is 0 Å². The average Bonchev–Trinajstić information content (AvgIpc) is 2.73. The Balaban J connectivity index is 1.96. The van der Waals surface area contributed by atoms with Crippen LogP contribution in [0.3, 0.4) is 0 Å². The van der Waals surface area contributed by atoms with E-state index in [-0.39, 0.29) is 30.2 Å². The molecule has 1 aliphatic rings. The van der Waals surface area contributed by atoms with E-state index in [4.69, 9.17) is 14.2 Å². The van der Waals surface area contributed by atoms with Crippen LogP contribution in [-0.2, 0) is 19.0 Å². The minimum absolute atomic E-state index is 0.106. The van der Waals surface area contributed by atoms with Crippen molar-refractivity contribution in [3.05, 3.63) is 91.7 Å². The van der Waals surface area contributed by atoms with Crippen molar-refractivity contribution in [3.8, 4) is 0 Å². The molecule has 0 bridgehead atoms. The largest absolute Gasteiger partial charge is 0.465 e. The molecule has 0 radical (unpaired) electrons. The van der Waals surface area contributed by atoms with Crippen LogP contribution in [0.1, 0.15) is 36.9 Å². The van der Waals surface area contributed by atoms with Gasteiger partial charge in [0.25, 0.3) is 11.4 Å². The van der Waals surface area contributed by atoms with Gasteiger partial charge >= 0.3 is 5.97 Å². The summed E-state index contributed by atoms with van der Waals surface area (Å²) >= 11 is 0. The number of nitrogens with zero attached hydrogens (tertiary/aromatic N) is 2. The highest BCUT2D eigenvalue weighted by Gasteiger charge is 2.31. The van der Waals surface area contributed by atoms with Gasteiger partial charge in [-0.3, -0.25) is 20.2 Å². The lowest BCUT2D eigenvalue weighted by Crippen LogP contribution is -2.21. The SMILES string of the molecule is CCOC(=O)C=C1C[C@@H](c2cccc([N+](=O)[O-])c2)O[C@@H](c2cccc([N+](=O)[O-])c2)O1. The van der Waals surface area contributed by atoms with Gasteiger partial charge in [-0.15, -0.1) is 0 Å². The fourth-order valence-electron chi connectivity index (χ4n) is 2.97. The van der Waals surface area contributed by atoms with Crippen molar-refractivity contribution in [2.45, 2.75) is 25.7 Å². The molecule has 1 aliphatic heterocycles. The molecule has 3 rings (SSSR count). The first-order valence-electron chi connectivity index (χ1n) is 9.05. The fourth-order valence-corrected chi connectivity index (χ4v) is 2.97. The number of hydrogen-bond donors (Lipinski definition) is 0. The Morgan fingerprint density at radius 2 is 1.70 bits per heavy atom. The van der Waals surface area contributed by atoms with Crippen LogP contribution in [0.25, 0.3) is 0 Å². The van der Waals surface area contributed by atoms with Crippen molar-refractivity contribution < 1.29 is 28.9 Å². The van der Waals surface area contributed by atoms with Crippen molar-refractivity contribution in [1.29, 1.82) is 0 Å². The normalized spacial score (nSPS) is 19.7. The maximum atomic E-state index is 11.9. The van der Waals surface area contributed by atoms with Gasteiger partial charge in [0.15, 0.2) is 0 Å². The molecule has 2 atom stereocenters. The van der Waals surface area contributed by atoms with Crippen LogP contribution in [0.4, 0.5) is 11.4 Å². The highest BCUT2D eigenvalue weighted by atomic mass is 16.7. The zero-order chi connectivity index (χ0) is 21.7. The molecular weight excluding hydrogens is 396 g/mol. The highest BCUT2D eigenvalue weighted by Crippen LogP contribution is 2.40. The van der Waals surface area contributed by atoms with E-state index in [0.29, 0.717) is 11.1 Å². The number of nitro benzene ring substituents is 2. The summed E-state index contributed by atoms with van der Waals surface area (Å²) in [7, 11) is 0. The first-order chi connectivity index (χ1) is 14.4. The molecule has 1 saturated heterocycles. The van der Waals surface area contributed by atoms with Gasteiger partial charge in [0.2, 0.25) is 6.29 Å². The summed E-state index contributed by atoms with van der Waals surface area (Å²) in [6.45, 7) is 1.85. The van der Waals surface area contributed by atoms with Crippen molar-refractivity contribution in [3.63, 3.8) is 0 Å². The summed E-state index contributed by atoms with van der Waals surface area (Å²) in [4.78, 5) is 33.0. The topological polar surface area (TPSA) is 131 Å². The molecular formula is C20H18N2O8. The third kappa shape index (κ3) is 4.97. The number of nitro groups is 2. The molecule has 0 spiro atoms. The lowest BCUT2D eigenvalue weighted by atomic mass is 10.0. The number of ether oxygens (including phenoxy) is 3. The fraction of sp³-hybridized carbons (Fsp3) is 0.250. The number of carbonyl (C=O) groups excluding carboxylic acids is 1. The van der Waals surface area contributed by atoms with Gasteiger partial charge in [0.05, 0.1) is 28.6 Å². The average molecular weight is 414 g/mol. The third-order valence-corrected chi connectivity index (χ3v) is 4.30. The van der Waals surface area contributed by atoms with E-state index < -0.39 is 28.2 Å². The van der Waals surface area contributed by atoms with E-state index in [2.05, 4.69) is 0 Å². The Morgan fingerprint density at radius 3 is 2.30 bits per heavy atom. The highest BCUT2D eigenvalue weighted by molar-refractivity contribution is 5.82. The van der Waals surface area contributed by atoms with Crippen molar-refractivity contribution in [2.24, 2.45) is 0 Å². The maximum Gasteiger partial charge on any atom is 0.334 e. The molecule has 0 N–H and O–H groups in total. The van der Waals surface area contributed by atoms with Gasteiger partial charge in [-0.1, -0.05) is 24.3 Å². The van der Waals surface area contributed by atoms with Crippen LogP contribution in [0.2, 0.25) is 0 Å². The van der Waals surface area contributed by atoms with E-state index >= 15 is 0 Å². The molecule has 2 aromatic rings. The Kier molecular flexibility index (Phi) is 6.38. The summed E-state index contributed by atoms with van der Waals surface area (Å²) in [5.74, 6) is -0.363. The van der Waals surface area contributed by atoms with Crippen LogP contribution < -0.4 is 0 Å². The molecule has 156 valence electrons. The lowest BCUT2D eigenvalue weighted by Gasteiger charge is -2.32. The maximum absolute atomic E-state index is 11.9. The second-order valence-electron chi connectivity index (χ2n) is 6.35. The number of benzene rings is 2. The minimum Gasteiger partial charge on any atom is -0.465 e. The number of non-ortho nitro benzene ring substituents is 2. The van der Waals surface area contributed by atoms with Crippen LogP contribution >= 0.6 is 0 Å². The van der Waals surface area contributed by atoms with E-state index in [1.165, 1.54) is 42.5 Å². The second-order valence-corrected chi connectivity index (χ2v) is 6.35. The van der Waals surface area contributed by atoms with Crippen LogP contribution in [0.5, 0.6) is 0 Å². The summed E-state index contributed by atoms with van der Waals surface area (Å²) in [5.41, 5.74) is 0.630. The summed E-state index contributed by atoms with van der Waals surface area (Å²) in [6, 6.07) is 11.7. The Labute approximate surface area is 171 Å². The van der Waals surface area contributed by atoms with Gasteiger partial charge in [-0.05, 0) is 12.5 Å². The van der Waals surface area contributed by atoms with Crippen molar-refractivity contribution in [2.75, 3.05) is 6.61 Å². The molecule has 30 heavy (non-hydrogen) atoms. The molecule has 10 heteroatoms. The van der Waals surface area contributed by atoms with Gasteiger partial charge < -0.3 is 14.2 Å². The molecule has 10 nitrogen and oxygen atoms in total. The quantitative estimate of drug-likeness (QED) is 0.298. The molecule has 1 heterocycles. The number of rotatable bonds is 6. The zero-order valence-electron chi connectivity index (χ0n) is 15.9. The molecule has 0 aromatic heterocycles. The van der Waals surface area contributed by atoms with Crippen LogP contribution in [0, 0.1) is 20.2 Å². The van der Waals surface area contributed by atoms with E-state index in [1.54, 1.807) is 19.1 Å². The molecule has 2 aromatic carbocycles. The van der Waals surface area contributed by atoms with E-state index in [9.17, 15) is 25.0 Å². The predicted octanol–water partition coefficient (Wildman–Crippen LogP) is 4.13. The smallest absolute Gasteiger partial charge is 0.334 e. The molecule has 0 aliphatic carbocycles. The third-order valence-electron chi connectivity index (χ3n) is 4.30. The number of hydrogen-bond acceptors (Lipinski definition) is 8. The second kappa shape index (κ2) is 9.14. The molecule has 0 unspecified atom stereocenters. The van der Waals surface area contributed by atoms with Gasteiger partial charge in [0, 0.05) is 36.2 Å². The molecule has 0 amide bonds. The van der Waals surface area contributed by atoms with Gasteiger partial charge in [0.1, 0.15) is 5.76 Å². The molecule has 0 saturated carbocycles. The van der Waals surface area contributed by atoms with Crippen molar-refractivity contribution >= 4 is 17.3 Å². The number of carbonyl (C=O) groups is 1. The Morgan fingerprint density at radius 1 is 1.10 bits per heavy atom. The first-order valence-corrected chi connectivity index (χ1v) is 9.05. The summed E-state index contributed by atoms with van der Waals surface area (Å²) < 4.78 is 16.6. The molecule has 1 fully saturated rings. The zero-order valence-corrected chi connectivity index (χ0v) is 15.9. The monoisotopic (exact) mass is 414 g/mol. The van der Waals surface area contributed by atoms with Gasteiger partial charge in [-0.25, -0.2) is 4.79 Å². The summed E-state index contributed by atoms with van der Waals surface area (Å²) in [5, 5.41) is 22.2. The van der Waals surface area contributed by atoms with Crippen LogP contribution in [-0.4, -0.2) is 22.4 Å². The summed E-state index contributed by atoms with van der Waals surface area (Å²) in [6.07, 6.45) is -0.418. The lowest BCUT2D eigenvalue weighted by molar-refractivity contribution is -0.385. The van der Waals surface area contributed by atoms with Crippen LogP contribution in [0.15, 0.2) is 60.4 Å². The minimum atomic E-state index is -1.05.